The van der Waals surface area contributed by atoms with E-state index >= 15 is 0 Å². The van der Waals surface area contributed by atoms with Crippen molar-refractivity contribution >= 4 is 33.5 Å². The number of anilines is 1. The summed E-state index contributed by atoms with van der Waals surface area (Å²) in [6.45, 7) is 0.203. The fourth-order valence-electron chi connectivity index (χ4n) is 4.63. The highest BCUT2D eigenvalue weighted by Gasteiger charge is 2.52. The van der Waals surface area contributed by atoms with E-state index in [9.17, 15) is 28.3 Å². The summed E-state index contributed by atoms with van der Waals surface area (Å²) in [5.74, 6) is -4.43. The van der Waals surface area contributed by atoms with Gasteiger partial charge in [-0.1, -0.05) is 6.07 Å². The number of amides is 2. The van der Waals surface area contributed by atoms with Gasteiger partial charge in [-0.3, -0.25) is 14.4 Å². The van der Waals surface area contributed by atoms with E-state index in [4.69, 9.17) is 4.74 Å². The zero-order valence-electron chi connectivity index (χ0n) is 19.9. The second-order valence-corrected chi connectivity index (χ2v) is 13.7. The zero-order valence-corrected chi connectivity index (χ0v) is 20.7. The monoisotopic (exact) mass is 506 g/mol. The number of carbonyl (C=O) groups excluding carboxylic acids is 2. The lowest BCUT2D eigenvalue weighted by atomic mass is 9.91. The Morgan fingerprint density at radius 3 is 2.29 bits per heavy atom. The molecule has 2 aliphatic rings. The van der Waals surface area contributed by atoms with Gasteiger partial charge < -0.3 is 20.1 Å². The number of carboxylic acid groups (broad SMARTS) is 1. The lowest BCUT2D eigenvalue weighted by Gasteiger charge is -2.37. The van der Waals surface area contributed by atoms with Crippen molar-refractivity contribution in [3.05, 3.63) is 53.1 Å². The second kappa shape index (κ2) is 9.14. The minimum atomic E-state index is -1.69. The molecule has 1 aliphatic carbocycles. The Balaban J connectivity index is 1.67. The maximum Gasteiger partial charge on any atom is 0.307 e. The van der Waals surface area contributed by atoms with Gasteiger partial charge >= 0.3 is 5.97 Å². The topological polar surface area (TPSA) is 95.9 Å². The maximum atomic E-state index is 14.8. The summed E-state index contributed by atoms with van der Waals surface area (Å²) in [6, 6.07) is 6.23. The van der Waals surface area contributed by atoms with Gasteiger partial charge in [-0.15, -0.1) is 0 Å². The zero-order chi connectivity index (χ0) is 25.7. The molecule has 35 heavy (non-hydrogen) atoms. The summed E-state index contributed by atoms with van der Waals surface area (Å²) in [5, 5.41) is 11.8. The molecular weight excluding hydrogens is 478 g/mol. The van der Waals surface area contributed by atoms with E-state index in [1.807, 2.05) is 0 Å². The largest absolute Gasteiger partial charge is 0.497 e. The fraction of sp³-hybridized carbons (Fsp3) is 0.400. The highest BCUT2D eigenvalue weighted by molar-refractivity contribution is 8.32. The number of hydrogen-bond acceptors (Lipinski definition) is 4. The molecule has 188 valence electrons. The Kier molecular flexibility index (Phi) is 6.52. The molecule has 7 nitrogen and oxygen atoms in total. The molecule has 1 fully saturated rings. The summed E-state index contributed by atoms with van der Waals surface area (Å²) in [7, 11) is -0.163. The standard InChI is InChI=1S/C25H28F2N2O5S/c1-34-15-5-6-16-13(9-15)7-8-29(24(31)17-12-18(17)25(32)33)21(16)23(30)28-14-10-19(26)22(20(27)11-14)35(2,3)4/h5-6,9-11,17-18,21H,7-8,12H2,1-4H3,(H,28,30)(H,32,33)/t17?,18?,21-/m1/s1. The van der Waals surface area contributed by atoms with Crippen LogP contribution in [0.15, 0.2) is 35.2 Å². The molecule has 1 aliphatic heterocycles. The smallest absolute Gasteiger partial charge is 0.307 e. The van der Waals surface area contributed by atoms with Gasteiger partial charge in [-0.05, 0) is 67.0 Å². The van der Waals surface area contributed by atoms with Crippen molar-refractivity contribution in [3.8, 4) is 5.75 Å². The molecule has 0 bridgehead atoms. The van der Waals surface area contributed by atoms with Crippen molar-refractivity contribution < 1.29 is 33.0 Å². The number of fused-ring (bicyclic) bond motifs is 1. The predicted molar refractivity (Wildman–Crippen MR) is 129 cm³/mol. The number of carboxylic acids is 1. The summed E-state index contributed by atoms with van der Waals surface area (Å²) >= 11 is 0. The van der Waals surface area contributed by atoms with Crippen LogP contribution < -0.4 is 10.1 Å². The molecule has 2 N–H and O–H groups in total. The fourth-order valence-corrected chi connectivity index (χ4v) is 5.92. The number of aliphatic carboxylic acids is 1. The Labute approximate surface area is 203 Å². The van der Waals surface area contributed by atoms with Crippen LogP contribution in [0, 0.1) is 23.5 Å². The van der Waals surface area contributed by atoms with Crippen LogP contribution in [0.25, 0.3) is 0 Å². The highest BCUT2D eigenvalue weighted by Crippen LogP contribution is 2.49. The second-order valence-electron chi connectivity index (χ2n) is 9.63. The minimum absolute atomic E-state index is 0.00384. The molecule has 0 aromatic heterocycles. The number of carbonyl (C=O) groups is 3. The molecule has 2 aromatic carbocycles. The molecule has 10 heteroatoms. The molecule has 0 radical (unpaired) electrons. The van der Waals surface area contributed by atoms with Crippen LogP contribution >= 0.6 is 10.0 Å². The van der Waals surface area contributed by atoms with Crippen LogP contribution in [0.3, 0.4) is 0 Å². The van der Waals surface area contributed by atoms with Crippen molar-refractivity contribution in [2.45, 2.75) is 23.8 Å². The third kappa shape index (κ3) is 4.84. The first-order valence-corrected chi connectivity index (χ1v) is 14.0. The van der Waals surface area contributed by atoms with Crippen molar-refractivity contribution in [3.63, 3.8) is 0 Å². The molecule has 2 amide bonds. The average Bonchev–Trinajstić information content (AvgIpc) is 3.57. The summed E-state index contributed by atoms with van der Waals surface area (Å²) in [5.41, 5.74) is 1.32. The van der Waals surface area contributed by atoms with Gasteiger partial charge in [0.15, 0.2) is 0 Å². The van der Waals surface area contributed by atoms with Gasteiger partial charge in [0.05, 0.1) is 23.8 Å². The Morgan fingerprint density at radius 1 is 1.09 bits per heavy atom. The van der Waals surface area contributed by atoms with E-state index in [2.05, 4.69) is 5.32 Å². The van der Waals surface area contributed by atoms with E-state index in [0.29, 0.717) is 17.7 Å². The third-order valence-corrected chi connectivity index (χ3v) is 8.03. The average molecular weight is 507 g/mol. The molecule has 2 unspecified atom stereocenters. The summed E-state index contributed by atoms with van der Waals surface area (Å²) in [4.78, 5) is 39.3. The number of rotatable bonds is 6. The maximum absolute atomic E-state index is 14.8. The first kappa shape index (κ1) is 25.0. The van der Waals surface area contributed by atoms with Gasteiger partial charge in [0.1, 0.15) is 23.4 Å². The molecule has 1 saturated carbocycles. The summed E-state index contributed by atoms with van der Waals surface area (Å²) in [6.07, 6.45) is 5.99. The van der Waals surface area contributed by atoms with E-state index < -0.39 is 57.3 Å². The molecule has 0 saturated heterocycles. The predicted octanol–water partition coefficient (Wildman–Crippen LogP) is 3.81. The van der Waals surface area contributed by atoms with E-state index in [0.717, 1.165) is 17.7 Å². The van der Waals surface area contributed by atoms with Crippen LogP contribution in [0.5, 0.6) is 5.75 Å². The van der Waals surface area contributed by atoms with Crippen molar-refractivity contribution in [1.82, 2.24) is 4.90 Å². The number of hydrogen-bond donors (Lipinski definition) is 2. The molecule has 0 spiro atoms. The number of methoxy groups -OCH3 is 1. The first-order chi connectivity index (χ1) is 16.4. The minimum Gasteiger partial charge on any atom is -0.497 e. The SMILES string of the molecule is COc1ccc2c(c1)CCN(C(=O)C1CC1C(=O)O)[C@H]2C(=O)Nc1cc(F)c(S(C)(C)C)c(F)c1. The van der Waals surface area contributed by atoms with Crippen molar-refractivity contribution in [2.75, 3.05) is 37.7 Å². The van der Waals surface area contributed by atoms with Gasteiger partial charge in [0.2, 0.25) is 5.91 Å². The van der Waals surface area contributed by atoms with Crippen LogP contribution in [0.1, 0.15) is 23.6 Å². The van der Waals surface area contributed by atoms with Crippen LogP contribution in [0.2, 0.25) is 0 Å². The number of benzene rings is 2. The molecular formula is C25H28F2N2O5S. The number of ether oxygens (including phenoxy) is 1. The van der Waals surface area contributed by atoms with Crippen LogP contribution in [-0.4, -0.2) is 60.2 Å². The normalized spacial score (nSPS) is 21.7. The van der Waals surface area contributed by atoms with Crippen LogP contribution in [0.4, 0.5) is 14.5 Å². The van der Waals surface area contributed by atoms with Gasteiger partial charge in [-0.2, -0.15) is 0 Å². The van der Waals surface area contributed by atoms with Gasteiger partial charge in [0.25, 0.3) is 5.91 Å². The summed E-state index contributed by atoms with van der Waals surface area (Å²) < 4.78 is 34.8. The lowest BCUT2D eigenvalue weighted by molar-refractivity contribution is -0.144. The van der Waals surface area contributed by atoms with Gasteiger partial charge in [-0.25, -0.2) is 18.8 Å². The first-order valence-electron chi connectivity index (χ1n) is 11.1. The number of nitrogens with one attached hydrogen (secondary N) is 1. The third-order valence-electron chi connectivity index (χ3n) is 6.41. The molecule has 2 aromatic rings. The Hall–Kier alpha value is -3.14. The number of halogens is 2. The number of nitrogens with zero attached hydrogens (tertiary/aromatic N) is 1. The van der Waals surface area contributed by atoms with Crippen LogP contribution in [-0.2, 0) is 20.8 Å². The van der Waals surface area contributed by atoms with E-state index in [1.54, 1.807) is 37.0 Å². The van der Waals surface area contributed by atoms with E-state index in [1.165, 1.54) is 12.0 Å². The molecule has 4 rings (SSSR count). The Bertz CT molecular complexity index is 1190. The van der Waals surface area contributed by atoms with Crippen molar-refractivity contribution in [1.29, 1.82) is 0 Å². The highest BCUT2D eigenvalue weighted by atomic mass is 32.3. The quantitative estimate of drug-likeness (QED) is 0.621. The molecule has 1 heterocycles. The Morgan fingerprint density at radius 2 is 1.74 bits per heavy atom. The molecule has 3 atom stereocenters. The van der Waals surface area contributed by atoms with Crippen molar-refractivity contribution in [2.24, 2.45) is 11.8 Å². The van der Waals surface area contributed by atoms with E-state index in [-0.39, 0.29) is 23.5 Å². The lowest BCUT2D eigenvalue weighted by Crippen LogP contribution is -2.46. The van der Waals surface area contributed by atoms with Gasteiger partial charge in [0, 0.05) is 12.2 Å².